The molecule has 0 aromatic carbocycles. The Bertz CT molecular complexity index is 571. The smallest absolute Gasteiger partial charge is 0.170 e. The lowest BCUT2D eigenvalue weighted by molar-refractivity contribution is 0.0669. The van der Waals surface area contributed by atoms with Gasteiger partial charge >= 0.3 is 0 Å². The maximum Gasteiger partial charge on any atom is 0.170 e. The first-order valence-electron chi connectivity index (χ1n) is 9.02. The summed E-state index contributed by atoms with van der Waals surface area (Å²) >= 11 is 1.84. The minimum atomic E-state index is -0.0735. The van der Waals surface area contributed by atoms with Crippen molar-refractivity contribution >= 4 is 17.1 Å². The largest absolute Gasteiger partial charge is 0.306 e. The molecule has 0 atom stereocenters. The van der Waals surface area contributed by atoms with E-state index in [-0.39, 0.29) is 10.8 Å². The third-order valence-electron chi connectivity index (χ3n) is 5.06. The normalized spacial score (nSPS) is 20.4. The molecule has 0 radical (unpaired) electrons. The van der Waals surface area contributed by atoms with Gasteiger partial charge in [-0.3, -0.25) is 4.79 Å². The molecule has 0 saturated carbocycles. The van der Waals surface area contributed by atoms with Crippen LogP contribution < -0.4 is 0 Å². The molecule has 23 heavy (non-hydrogen) atoms. The zero-order chi connectivity index (χ0) is 17.4. The van der Waals surface area contributed by atoms with Crippen molar-refractivity contribution < 1.29 is 4.79 Å². The van der Waals surface area contributed by atoms with Crippen LogP contribution in [0, 0.1) is 12.3 Å². The number of thiophene rings is 1. The molecule has 2 heterocycles. The Kier molecular flexibility index (Phi) is 5.42. The molecular weight excluding hydrogens is 302 g/mol. The van der Waals surface area contributed by atoms with E-state index >= 15 is 0 Å². The van der Waals surface area contributed by atoms with Gasteiger partial charge in [0.05, 0.1) is 0 Å². The quantitative estimate of drug-likeness (QED) is 0.648. The Labute approximate surface area is 146 Å². The first-order chi connectivity index (χ1) is 10.7. The topological polar surface area (TPSA) is 20.3 Å². The van der Waals surface area contributed by atoms with Gasteiger partial charge in [0.1, 0.15) is 0 Å². The summed E-state index contributed by atoms with van der Waals surface area (Å²) in [7, 11) is 2.16. The molecule has 1 fully saturated rings. The van der Waals surface area contributed by atoms with Gasteiger partial charge in [0, 0.05) is 20.7 Å². The van der Waals surface area contributed by atoms with E-state index in [2.05, 4.69) is 53.5 Å². The summed E-state index contributed by atoms with van der Waals surface area (Å²) in [5.74, 6) is 0.454. The van der Waals surface area contributed by atoms with Crippen molar-refractivity contribution in [3.8, 4) is 0 Å². The molecule has 1 aromatic rings. The van der Waals surface area contributed by atoms with E-state index in [0.717, 1.165) is 37.9 Å². The lowest BCUT2D eigenvalue weighted by Gasteiger charge is -2.36. The highest BCUT2D eigenvalue weighted by molar-refractivity contribution is 7.12. The number of carbonyl (C=O) groups excluding carboxylic acids is 1. The second-order valence-corrected chi connectivity index (χ2v) is 9.61. The van der Waals surface area contributed by atoms with Crippen LogP contribution in [0.3, 0.4) is 0 Å². The number of hydrogen-bond acceptors (Lipinski definition) is 3. The van der Waals surface area contributed by atoms with E-state index in [0.29, 0.717) is 5.78 Å². The summed E-state index contributed by atoms with van der Waals surface area (Å²) in [6, 6.07) is 0. The SMILES string of the molecule is CCC.Cc1sc(C(C)(C)C)c2c1CC1(CCN(C)CC1)C2=O. The van der Waals surface area contributed by atoms with Crippen molar-refractivity contribution in [3.05, 3.63) is 20.9 Å². The summed E-state index contributed by atoms with van der Waals surface area (Å²) in [5, 5.41) is 0. The van der Waals surface area contributed by atoms with Crippen LogP contribution in [0.25, 0.3) is 0 Å². The molecule has 1 spiro atoms. The maximum absolute atomic E-state index is 13.1. The zero-order valence-corrected chi connectivity index (χ0v) is 16.8. The van der Waals surface area contributed by atoms with Gasteiger partial charge in [-0.05, 0) is 57.3 Å². The Morgan fingerprint density at radius 2 is 1.70 bits per heavy atom. The van der Waals surface area contributed by atoms with Gasteiger partial charge in [-0.2, -0.15) is 0 Å². The maximum atomic E-state index is 13.1. The Balaban J connectivity index is 0.000000595. The lowest BCUT2D eigenvalue weighted by Crippen LogP contribution is -2.41. The van der Waals surface area contributed by atoms with Crippen molar-refractivity contribution in [2.75, 3.05) is 20.1 Å². The minimum absolute atomic E-state index is 0.0735. The third-order valence-corrected chi connectivity index (χ3v) is 6.63. The minimum Gasteiger partial charge on any atom is -0.306 e. The fourth-order valence-electron chi connectivity index (χ4n) is 3.69. The number of likely N-dealkylation sites (tertiary alicyclic amines) is 1. The summed E-state index contributed by atoms with van der Waals surface area (Å²) < 4.78 is 0. The molecule has 1 saturated heterocycles. The number of rotatable bonds is 0. The number of hydrogen-bond donors (Lipinski definition) is 0. The first kappa shape index (κ1) is 18.7. The third kappa shape index (κ3) is 3.41. The number of aryl methyl sites for hydroxylation is 1. The average molecular weight is 336 g/mol. The van der Waals surface area contributed by atoms with E-state index in [1.54, 1.807) is 0 Å². The number of carbonyl (C=O) groups is 1. The molecule has 2 nitrogen and oxygen atoms in total. The second-order valence-electron chi connectivity index (χ2n) is 8.39. The van der Waals surface area contributed by atoms with E-state index in [1.807, 2.05) is 11.3 Å². The van der Waals surface area contributed by atoms with Crippen molar-refractivity contribution in [3.63, 3.8) is 0 Å². The highest BCUT2D eigenvalue weighted by Crippen LogP contribution is 2.51. The summed E-state index contributed by atoms with van der Waals surface area (Å²) in [5.41, 5.74) is 2.48. The Morgan fingerprint density at radius 1 is 1.17 bits per heavy atom. The first-order valence-corrected chi connectivity index (χ1v) is 9.84. The van der Waals surface area contributed by atoms with Crippen molar-refractivity contribution in [1.82, 2.24) is 4.90 Å². The monoisotopic (exact) mass is 335 g/mol. The molecule has 1 aromatic heterocycles. The summed E-state index contributed by atoms with van der Waals surface area (Å²) in [4.78, 5) is 18.2. The van der Waals surface area contributed by atoms with E-state index in [1.165, 1.54) is 21.7 Å². The number of nitrogens with zero attached hydrogens (tertiary/aromatic N) is 1. The van der Waals surface area contributed by atoms with Crippen LogP contribution in [0.5, 0.6) is 0 Å². The van der Waals surface area contributed by atoms with Crippen LogP contribution in [0.2, 0.25) is 0 Å². The molecule has 0 unspecified atom stereocenters. The Morgan fingerprint density at radius 3 is 2.17 bits per heavy atom. The van der Waals surface area contributed by atoms with E-state index < -0.39 is 0 Å². The average Bonchev–Trinajstić information content (AvgIpc) is 2.92. The van der Waals surface area contributed by atoms with Crippen molar-refractivity contribution in [2.45, 2.75) is 72.6 Å². The van der Waals surface area contributed by atoms with Gasteiger partial charge in [-0.15, -0.1) is 11.3 Å². The molecule has 0 N–H and O–H groups in total. The highest BCUT2D eigenvalue weighted by Gasteiger charge is 2.49. The van der Waals surface area contributed by atoms with Crippen LogP contribution in [0.4, 0.5) is 0 Å². The van der Waals surface area contributed by atoms with Crippen LogP contribution in [0.15, 0.2) is 0 Å². The second kappa shape index (κ2) is 6.68. The molecule has 2 aliphatic rings. The van der Waals surface area contributed by atoms with Gasteiger partial charge in [0.15, 0.2) is 5.78 Å². The van der Waals surface area contributed by atoms with Crippen molar-refractivity contribution in [2.24, 2.45) is 5.41 Å². The van der Waals surface area contributed by atoms with Gasteiger partial charge in [0.25, 0.3) is 0 Å². The zero-order valence-electron chi connectivity index (χ0n) is 16.0. The van der Waals surface area contributed by atoms with E-state index in [4.69, 9.17) is 0 Å². The van der Waals surface area contributed by atoms with Crippen molar-refractivity contribution in [1.29, 1.82) is 0 Å². The van der Waals surface area contributed by atoms with Gasteiger partial charge < -0.3 is 4.90 Å². The van der Waals surface area contributed by atoms with Crippen LogP contribution in [0.1, 0.15) is 79.6 Å². The predicted molar refractivity (Wildman–Crippen MR) is 101 cm³/mol. The highest BCUT2D eigenvalue weighted by atomic mass is 32.1. The molecule has 0 bridgehead atoms. The van der Waals surface area contributed by atoms with Gasteiger partial charge in [0.2, 0.25) is 0 Å². The number of fused-ring (bicyclic) bond motifs is 1. The molecule has 130 valence electrons. The standard InChI is InChI=1S/C17H25NOS.C3H8/c1-11-12-10-17(6-8-18(5)9-7-17)14(19)13(12)15(20-11)16(2,3)4;1-3-2/h6-10H2,1-5H3;3H2,1-2H3. The fourth-order valence-corrected chi connectivity index (χ4v) is 4.92. The van der Waals surface area contributed by atoms with Gasteiger partial charge in [-0.25, -0.2) is 0 Å². The number of ketones is 1. The summed E-state index contributed by atoms with van der Waals surface area (Å²) in [6.45, 7) is 15.2. The Hall–Kier alpha value is -0.670. The molecule has 3 heteroatoms. The van der Waals surface area contributed by atoms with Crippen LogP contribution in [-0.4, -0.2) is 30.8 Å². The van der Waals surface area contributed by atoms with E-state index in [9.17, 15) is 4.79 Å². The lowest BCUT2D eigenvalue weighted by atomic mass is 9.74. The molecular formula is C20H33NOS. The molecule has 1 aliphatic heterocycles. The van der Waals surface area contributed by atoms with Gasteiger partial charge in [-0.1, -0.05) is 41.0 Å². The summed E-state index contributed by atoms with van der Waals surface area (Å²) in [6.07, 6.45) is 4.31. The number of Topliss-reactive ketones (excluding diaryl/α,β-unsaturated/α-hetero) is 1. The molecule has 1 aliphatic carbocycles. The van der Waals surface area contributed by atoms with Crippen LogP contribution in [-0.2, 0) is 11.8 Å². The number of piperidine rings is 1. The fraction of sp³-hybridized carbons (Fsp3) is 0.750. The molecule has 0 amide bonds. The predicted octanol–water partition coefficient (Wildman–Crippen LogP) is 5.22. The molecule has 3 rings (SSSR count). The van der Waals surface area contributed by atoms with Crippen LogP contribution >= 0.6 is 11.3 Å².